The van der Waals surface area contributed by atoms with Crippen molar-refractivity contribution in [1.29, 1.82) is 0 Å². The zero-order chi connectivity index (χ0) is 11.1. The summed E-state index contributed by atoms with van der Waals surface area (Å²) in [5.74, 6) is -0.352. The first-order valence-electron chi connectivity index (χ1n) is 4.69. The lowest BCUT2D eigenvalue weighted by Gasteiger charge is -2.04. The van der Waals surface area contributed by atoms with E-state index in [-0.39, 0.29) is 5.97 Å². The molecule has 0 atom stereocenters. The van der Waals surface area contributed by atoms with Crippen molar-refractivity contribution in [2.24, 2.45) is 0 Å². The van der Waals surface area contributed by atoms with Crippen molar-refractivity contribution in [3.63, 3.8) is 0 Å². The predicted octanol–water partition coefficient (Wildman–Crippen LogP) is 2.88. The third-order valence-electron chi connectivity index (χ3n) is 1.82. The maximum atomic E-state index is 11.3. The average Bonchev–Trinajstić information content (AvgIpc) is 2.71. The van der Waals surface area contributed by atoms with Gasteiger partial charge in [-0.25, -0.2) is 4.79 Å². The van der Waals surface area contributed by atoms with Gasteiger partial charge in [-0.15, -0.1) is 17.9 Å². The van der Waals surface area contributed by atoms with Crippen LogP contribution in [-0.4, -0.2) is 19.7 Å². The quantitative estimate of drug-likeness (QED) is 0.425. The number of hydrogen-bond donors (Lipinski definition) is 0. The van der Waals surface area contributed by atoms with Crippen LogP contribution in [-0.2, 0) is 4.74 Å². The number of carbonyl (C=O) groups is 1. The number of allylic oxidation sites excluding steroid dienone is 1. The van der Waals surface area contributed by atoms with Crippen molar-refractivity contribution < 1.29 is 14.3 Å². The molecule has 3 nitrogen and oxygen atoms in total. The Kier molecular flexibility index (Phi) is 4.90. The topological polar surface area (TPSA) is 35.5 Å². The summed E-state index contributed by atoms with van der Waals surface area (Å²) in [5.41, 5.74) is 0.501. The van der Waals surface area contributed by atoms with Gasteiger partial charge in [0.1, 0.15) is 5.56 Å². The van der Waals surface area contributed by atoms with E-state index in [2.05, 4.69) is 11.3 Å². The first-order valence-corrected chi connectivity index (χ1v) is 5.57. The van der Waals surface area contributed by atoms with Gasteiger partial charge in [-0.3, -0.25) is 0 Å². The molecule has 15 heavy (non-hydrogen) atoms. The molecule has 0 amide bonds. The Labute approximate surface area is 93.3 Å². The third kappa shape index (κ3) is 3.40. The number of ether oxygens (including phenoxy) is 2. The number of carbonyl (C=O) groups excluding carboxylic acids is 1. The van der Waals surface area contributed by atoms with Crippen molar-refractivity contribution in [3.05, 3.63) is 29.7 Å². The predicted molar refractivity (Wildman–Crippen MR) is 60.6 cm³/mol. The lowest BCUT2D eigenvalue weighted by molar-refractivity contribution is 0.0597. The minimum atomic E-state index is -0.352. The number of rotatable bonds is 6. The van der Waals surface area contributed by atoms with Crippen LogP contribution in [0.3, 0.4) is 0 Å². The summed E-state index contributed by atoms with van der Waals surface area (Å²) in [4.78, 5) is 11.3. The summed E-state index contributed by atoms with van der Waals surface area (Å²) >= 11 is 1.40. The zero-order valence-corrected chi connectivity index (χ0v) is 9.51. The van der Waals surface area contributed by atoms with Crippen molar-refractivity contribution in [3.8, 4) is 5.06 Å². The van der Waals surface area contributed by atoms with Crippen molar-refractivity contribution in [1.82, 2.24) is 0 Å². The minimum Gasteiger partial charge on any atom is -0.483 e. The molecule has 0 saturated carbocycles. The van der Waals surface area contributed by atoms with Gasteiger partial charge in [0.05, 0.1) is 13.7 Å². The molecule has 0 aliphatic rings. The van der Waals surface area contributed by atoms with Crippen LogP contribution < -0.4 is 4.74 Å². The SMILES string of the molecule is C=CCCCOc1sccc1C(=O)OC. The second kappa shape index (κ2) is 6.24. The van der Waals surface area contributed by atoms with Crippen LogP contribution in [0.15, 0.2) is 24.1 Å². The minimum absolute atomic E-state index is 0.352. The third-order valence-corrected chi connectivity index (χ3v) is 2.64. The summed E-state index contributed by atoms with van der Waals surface area (Å²) in [5, 5.41) is 2.45. The normalized spacial score (nSPS) is 9.67. The Morgan fingerprint density at radius 1 is 1.67 bits per heavy atom. The highest BCUT2D eigenvalue weighted by molar-refractivity contribution is 7.12. The van der Waals surface area contributed by atoms with Gasteiger partial charge in [0.2, 0.25) is 0 Å². The molecule has 0 aromatic carbocycles. The van der Waals surface area contributed by atoms with E-state index in [9.17, 15) is 4.79 Å². The highest BCUT2D eigenvalue weighted by Gasteiger charge is 2.13. The summed E-state index contributed by atoms with van der Waals surface area (Å²) in [6, 6.07) is 1.71. The molecule has 82 valence electrons. The molecular formula is C11H14O3S. The summed E-state index contributed by atoms with van der Waals surface area (Å²) in [7, 11) is 1.36. The van der Waals surface area contributed by atoms with E-state index >= 15 is 0 Å². The molecule has 0 aliphatic carbocycles. The number of thiophene rings is 1. The lowest BCUT2D eigenvalue weighted by atomic mass is 10.3. The molecule has 1 rings (SSSR count). The first kappa shape index (κ1) is 11.8. The average molecular weight is 226 g/mol. The fraction of sp³-hybridized carbons (Fsp3) is 0.364. The molecule has 1 aromatic rings. The zero-order valence-electron chi connectivity index (χ0n) is 8.69. The maximum absolute atomic E-state index is 11.3. The Morgan fingerprint density at radius 2 is 2.47 bits per heavy atom. The second-order valence-corrected chi connectivity index (χ2v) is 3.77. The Morgan fingerprint density at radius 3 is 3.13 bits per heavy atom. The molecule has 0 bridgehead atoms. The van der Waals surface area contributed by atoms with E-state index in [1.807, 2.05) is 11.5 Å². The summed E-state index contributed by atoms with van der Waals surface area (Å²) in [6.07, 6.45) is 3.67. The highest BCUT2D eigenvalue weighted by atomic mass is 32.1. The molecule has 0 N–H and O–H groups in total. The van der Waals surface area contributed by atoms with E-state index in [1.54, 1.807) is 6.07 Å². The maximum Gasteiger partial charge on any atom is 0.342 e. The number of hydrogen-bond acceptors (Lipinski definition) is 4. The Hall–Kier alpha value is -1.29. The molecule has 0 spiro atoms. The number of unbranched alkanes of at least 4 members (excludes halogenated alkanes) is 1. The van der Waals surface area contributed by atoms with E-state index in [4.69, 9.17) is 4.74 Å². The molecule has 0 radical (unpaired) electrons. The number of esters is 1. The molecule has 0 aliphatic heterocycles. The summed E-state index contributed by atoms with van der Waals surface area (Å²) in [6.45, 7) is 4.22. The van der Waals surface area contributed by atoms with Crippen LogP contribution in [0.5, 0.6) is 5.06 Å². The molecule has 0 unspecified atom stereocenters. The van der Waals surface area contributed by atoms with Gasteiger partial charge in [-0.2, -0.15) is 0 Å². The fourth-order valence-corrected chi connectivity index (χ4v) is 1.82. The molecule has 1 aromatic heterocycles. The van der Waals surface area contributed by atoms with Crippen molar-refractivity contribution >= 4 is 17.3 Å². The molecular weight excluding hydrogens is 212 g/mol. The highest BCUT2D eigenvalue weighted by Crippen LogP contribution is 2.26. The monoisotopic (exact) mass is 226 g/mol. The summed E-state index contributed by atoms with van der Waals surface area (Å²) < 4.78 is 10.1. The van der Waals surface area contributed by atoms with Crippen molar-refractivity contribution in [2.45, 2.75) is 12.8 Å². The van der Waals surface area contributed by atoms with Gasteiger partial charge in [-0.05, 0) is 24.3 Å². The van der Waals surface area contributed by atoms with Crippen LogP contribution >= 0.6 is 11.3 Å². The van der Waals surface area contributed by atoms with Crippen LogP contribution in [0.1, 0.15) is 23.2 Å². The van der Waals surface area contributed by atoms with E-state index < -0.39 is 0 Å². The first-order chi connectivity index (χ1) is 7.29. The smallest absolute Gasteiger partial charge is 0.342 e. The van der Waals surface area contributed by atoms with Gasteiger partial charge < -0.3 is 9.47 Å². The second-order valence-electron chi connectivity index (χ2n) is 2.89. The van der Waals surface area contributed by atoms with Crippen LogP contribution in [0, 0.1) is 0 Å². The van der Waals surface area contributed by atoms with Gasteiger partial charge >= 0.3 is 5.97 Å². The van der Waals surface area contributed by atoms with Crippen LogP contribution in [0.2, 0.25) is 0 Å². The van der Waals surface area contributed by atoms with Crippen LogP contribution in [0.25, 0.3) is 0 Å². The van der Waals surface area contributed by atoms with Crippen molar-refractivity contribution in [2.75, 3.05) is 13.7 Å². The number of methoxy groups -OCH3 is 1. The lowest BCUT2D eigenvalue weighted by Crippen LogP contribution is -2.03. The van der Waals surface area contributed by atoms with E-state index in [1.165, 1.54) is 18.4 Å². The molecule has 0 fully saturated rings. The molecule has 0 saturated heterocycles. The van der Waals surface area contributed by atoms with Gasteiger partial charge in [0.25, 0.3) is 0 Å². The fourth-order valence-electron chi connectivity index (χ4n) is 1.06. The standard InChI is InChI=1S/C11H14O3S/c1-3-4-5-7-14-11-9(6-8-15-11)10(12)13-2/h3,6,8H,1,4-5,7H2,2H3. The van der Waals surface area contributed by atoms with E-state index in [0.29, 0.717) is 17.2 Å². The molecule has 1 heterocycles. The van der Waals surface area contributed by atoms with Gasteiger partial charge in [0.15, 0.2) is 5.06 Å². The van der Waals surface area contributed by atoms with Gasteiger partial charge in [-0.1, -0.05) is 6.08 Å². The Balaban J connectivity index is 2.50. The van der Waals surface area contributed by atoms with E-state index in [0.717, 1.165) is 12.8 Å². The largest absolute Gasteiger partial charge is 0.483 e. The van der Waals surface area contributed by atoms with Gasteiger partial charge in [0, 0.05) is 0 Å². The Bertz CT molecular complexity index is 330. The molecule has 4 heteroatoms. The van der Waals surface area contributed by atoms with Crippen LogP contribution in [0.4, 0.5) is 0 Å².